The second kappa shape index (κ2) is 7.49. The van der Waals surface area contributed by atoms with Gasteiger partial charge in [0.1, 0.15) is 11.9 Å². The summed E-state index contributed by atoms with van der Waals surface area (Å²) in [5, 5.41) is 23.9. The first-order valence-corrected chi connectivity index (χ1v) is 8.49. The molecule has 1 atom stereocenters. The van der Waals surface area contributed by atoms with Gasteiger partial charge in [-0.15, -0.1) is 10.2 Å². The predicted molar refractivity (Wildman–Crippen MR) is 93.7 cm³/mol. The van der Waals surface area contributed by atoms with Gasteiger partial charge in [-0.2, -0.15) is 5.26 Å². The molecule has 9 nitrogen and oxygen atoms in total. The third-order valence-electron chi connectivity index (χ3n) is 4.35. The number of likely N-dealkylation sites (tertiary alicyclic amines) is 1. The number of carbonyl (C=O) groups excluding carboxylic acids is 1. The lowest BCUT2D eigenvalue weighted by Crippen LogP contribution is -2.56. The Morgan fingerprint density at radius 3 is 3.00 bits per heavy atom. The summed E-state index contributed by atoms with van der Waals surface area (Å²) >= 11 is 0. The van der Waals surface area contributed by atoms with Crippen LogP contribution >= 0.6 is 0 Å². The van der Waals surface area contributed by atoms with Crippen molar-refractivity contribution in [3.63, 3.8) is 0 Å². The molecule has 1 amide bonds. The Bertz CT molecular complexity index is 829. The van der Waals surface area contributed by atoms with E-state index >= 15 is 0 Å². The third kappa shape index (κ3) is 3.50. The number of aryl methyl sites for hydroxylation is 1. The molecule has 1 fully saturated rings. The predicted octanol–water partition coefficient (Wildman–Crippen LogP) is 1.30. The molecule has 2 N–H and O–H groups in total. The highest BCUT2D eigenvalue weighted by Crippen LogP contribution is 2.26. The number of aromatic nitrogens is 3. The molecule has 0 aliphatic carbocycles. The molecule has 9 heteroatoms. The number of amides is 1. The summed E-state index contributed by atoms with van der Waals surface area (Å²) in [6, 6.07) is 5.91. The van der Waals surface area contributed by atoms with E-state index in [0.29, 0.717) is 49.2 Å². The second-order valence-corrected chi connectivity index (χ2v) is 6.13. The molecule has 3 heterocycles. The first-order valence-electron chi connectivity index (χ1n) is 8.49. The van der Waals surface area contributed by atoms with Crippen LogP contribution in [-0.4, -0.2) is 51.3 Å². The average Bonchev–Trinajstić information content (AvgIpc) is 3.26. The molecule has 1 unspecified atom stereocenters. The molecule has 0 radical (unpaired) electrons. The Hall–Kier alpha value is -2.99. The number of hydrogen-bond acceptors (Lipinski definition) is 8. The first-order chi connectivity index (χ1) is 12.6. The van der Waals surface area contributed by atoms with E-state index in [1.807, 2.05) is 6.07 Å². The summed E-state index contributed by atoms with van der Waals surface area (Å²) in [5.74, 6) is 1.41. The molecule has 2 aromatic rings. The minimum absolute atomic E-state index is 0.0942. The SMILES string of the molecule is CC(=O)N1CCCC1(C#N)NCCNc1ncccc1-c1nnc(C)o1. The second-order valence-electron chi connectivity index (χ2n) is 6.13. The monoisotopic (exact) mass is 355 g/mol. The van der Waals surface area contributed by atoms with Gasteiger partial charge in [-0.3, -0.25) is 10.1 Å². The van der Waals surface area contributed by atoms with Crippen LogP contribution in [0.5, 0.6) is 0 Å². The van der Waals surface area contributed by atoms with Crippen LogP contribution < -0.4 is 10.6 Å². The van der Waals surface area contributed by atoms with E-state index in [1.54, 1.807) is 24.1 Å². The Balaban J connectivity index is 1.62. The van der Waals surface area contributed by atoms with E-state index in [4.69, 9.17) is 4.42 Å². The number of hydrogen-bond donors (Lipinski definition) is 2. The zero-order valence-electron chi connectivity index (χ0n) is 14.8. The lowest BCUT2D eigenvalue weighted by molar-refractivity contribution is -0.132. The standard InChI is InChI=1S/C17H21N7O2/c1-12-22-23-16(26-12)14-5-3-7-19-15(14)20-8-9-21-17(11-18)6-4-10-24(17)13(2)25/h3,5,7,21H,4,6,8-10H2,1-2H3,(H,19,20). The summed E-state index contributed by atoms with van der Waals surface area (Å²) in [7, 11) is 0. The maximum atomic E-state index is 11.8. The number of rotatable bonds is 6. The number of nitrogens with one attached hydrogen (secondary N) is 2. The zero-order chi connectivity index (χ0) is 18.6. The van der Waals surface area contributed by atoms with E-state index in [2.05, 4.69) is 31.9 Å². The van der Waals surface area contributed by atoms with E-state index < -0.39 is 5.66 Å². The van der Waals surface area contributed by atoms with E-state index in [1.165, 1.54) is 6.92 Å². The third-order valence-corrected chi connectivity index (χ3v) is 4.35. The van der Waals surface area contributed by atoms with Gasteiger partial charge in [0.25, 0.3) is 5.89 Å². The molecule has 2 aromatic heterocycles. The molecule has 1 saturated heterocycles. The van der Waals surface area contributed by atoms with Gasteiger partial charge in [0.15, 0.2) is 5.66 Å². The van der Waals surface area contributed by atoms with Gasteiger partial charge >= 0.3 is 0 Å². The van der Waals surface area contributed by atoms with Gasteiger partial charge in [-0.1, -0.05) is 0 Å². The highest BCUT2D eigenvalue weighted by molar-refractivity contribution is 5.75. The lowest BCUT2D eigenvalue weighted by Gasteiger charge is -2.32. The fourth-order valence-corrected chi connectivity index (χ4v) is 3.16. The molecule has 0 saturated carbocycles. The van der Waals surface area contributed by atoms with Crippen molar-refractivity contribution in [2.75, 3.05) is 25.0 Å². The summed E-state index contributed by atoms with van der Waals surface area (Å²) in [4.78, 5) is 17.7. The highest BCUT2D eigenvalue weighted by atomic mass is 16.4. The summed E-state index contributed by atoms with van der Waals surface area (Å²) in [6.45, 7) is 4.84. The number of carbonyl (C=O) groups is 1. The smallest absolute Gasteiger partial charge is 0.251 e. The van der Waals surface area contributed by atoms with Crippen molar-refractivity contribution in [2.45, 2.75) is 32.4 Å². The molecule has 1 aliphatic rings. The van der Waals surface area contributed by atoms with Crippen LogP contribution in [0.4, 0.5) is 5.82 Å². The van der Waals surface area contributed by atoms with Gasteiger partial charge in [0.2, 0.25) is 11.8 Å². The average molecular weight is 355 g/mol. The van der Waals surface area contributed by atoms with Crippen LogP contribution in [0, 0.1) is 18.3 Å². The number of anilines is 1. The zero-order valence-corrected chi connectivity index (χ0v) is 14.8. The molecule has 0 aromatic carbocycles. The molecular formula is C17H21N7O2. The normalized spacial score (nSPS) is 19.3. The number of nitriles is 1. The first kappa shape index (κ1) is 17.8. The van der Waals surface area contributed by atoms with Crippen molar-refractivity contribution < 1.29 is 9.21 Å². The van der Waals surface area contributed by atoms with Crippen molar-refractivity contribution in [3.8, 4) is 17.5 Å². The van der Waals surface area contributed by atoms with Crippen LogP contribution in [0.2, 0.25) is 0 Å². The molecule has 136 valence electrons. The topological polar surface area (TPSA) is 120 Å². The Morgan fingerprint density at radius 2 is 2.31 bits per heavy atom. The quantitative estimate of drug-likeness (QED) is 0.744. The highest BCUT2D eigenvalue weighted by Gasteiger charge is 2.42. The summed E-state index contributed by atoms with van der Waals surface area (Å²) in [6.07, 6.45) is 3.11. The van der Waals surface area contributed by atoms with Crippen LogP contribution in [0.3, 0.4) is 0 Å². The Kier molecular flexibility index (Phi) is 5.14. The van der Waals surface area contributed by atoms with E-state index in [-0.39, 0.29) is 5.91 Å². The minimum atomic E-state index is -0.927. The molecule has 1 aliphatic heterocycles. The summed E-state index contributed by atoms with van der Waals surface area (Å²) < 4.78 is 5.47. The number of pyridine rings is 1. The van der Waals surface area contributed by atoms with Gasteiger partial charge in [-0.05, 0) is 25.0 Å². The van der Waals surface area contributed by atoms with Crippen molar-refractivity contribution in [2.24, 2.45) is 0 Å². The molecule has 3 rings (SSSR count). The Labute approximate surface area is 151 Å². The van der Waals surface area contributed by atoms with Crippen molar-refractivity contribution in [3.05, 3.63) is 24.2 Å². The molecule has 0 bridgehead atoms. The van der Waals surface area contributed by atoms with E-state index in [0.717, 1.165) is 6.42 Å². The minimum Gasteiger partial charge on any atom is -0.421 e. The molecular weight excluding hydrogens is 334 g/mol. The maximum Gasteiger partial charge on any atom is 0.251 e. The maximum absolute atomic E-state index is 11.8. The van der Waals surface area contributed by atoms with Crippen LogP contribution in [0.25, 0.3) is 11.5 Å². The Morgan fingerprint density at radius 1 is 1.46 bits per heavy atom. The lowest BCUT2D eigenvalue weighted by atomic mass is 10.1. The van der Waals surface area contributed by atoms with Gasteiger partial charge in [0, 0.05) is 39.7 Å². The van der Waals surface area contributed by atoms with E-state index in [9.17, 15) is 10.1 Å². The van der Waals surface area contributed by atoms with Gasteiger partial charge in [-0.25, -0.2) is 4.98 Å². The van der Waals surface area contributed by atoms with Gasteiger partial charge in [0.05, 0.1) is 5.56 Å². The largest absolute Gasteiger partial charge is 0.421 e. The summed E-state index contributed by atoms with van der Waals surface area (Å²) in [5.41, 5.74) is -0.210. The molecule has 26 heavy (non-hydrogen) atoms. The van der Waals surface area contributed by atoms with Crippen molar-refractivity contribution in [1.29, 1.82) is 5.26 Å². The van der Waals surface area contributed by atoms with Gasteiger partial charge < -0.3 is 14.6 Å². The van der Waals surface area contributed by atoms with Crippen LogP contribution in [0.1, 0.15) is 25.7 Å². The number of nitrogens with zero attached hydrogens (tertiary/aromatic N) is 5. The van der Waals surface area contributed by atoms with Crippen LogP contribution in [-0.2, 0) is 4.79 Å². The fraction of sp³-hybridized carbons (Fsp3) is 0.471. The van der Waals surface area contributed by atoms with Crippen molar-refractivity contribution >= 4 is 11.7 Å². The van der Waals surface area contributed by atoms with Crippen molar-refractivity contribution in [1.82, 2.24) is 25.4 Å². The molecule has 0 spiro atoms. The van der Waals surface area contributed by atoms with Crippen LogP contribution in [0.15, 0.2) is 22.7 Å². The fourth-order valence-electron chi connectivity index (χ4n) is 3.16.